The van der Waals surface area contributed by atoms with Crippen molar-refractivity contribution in [3.63, 3.8) is 0 Å². The molecule has 0 saturated carbocycles. The van der Waals surface area contributed by atoms with Crippen LogP contribution < -0.4 is 0 Å². The Hall–Kier alpha value is -0.0200. The fourth-order valence-electron chi connectivity index (χ4n) is 1.93. The number of ether oxygens (including phenoxy) is 1. The highest BCUT2D eigenvalue weighted by molar-refractivity contribution is 8.59. The van der Waals surface area contributed by atoms with E-state index in [0.717, 1.165) is 25.7 Å². The van der Waals surface area contributed by atoms with Gasteiger partial charge in [0.2, 0.25) is 0 Å². The molecule has 0 aromatic heterocycles. The molecular weight excluding hydrogens is 324 g/mol. The highest BCUT2D eigenvalue weighted by atomic mass is 35.5. The van der Waals surface area contributed by atoms with Gasteiger partial charge < -0.3 is 4.74 Å². The van der Waals surface area contributed by atoms with Crippen LogP contribution in [0.15, 0.2) is 17.3 Å². The topological polar surface area (TPSA) is 26.3 Å². The first-order valence-electron chi connectivity index (χ1n) is 7.57. The Morgan fingerprint density at radius 2 is 1.81 bits per heavy atom. The molecule has 0 aliphatic carbocycles. The van der Waals surface area contributed by atoms with E-state index in [2.05, 4.69) is 49.5 Å². The number of allylic oxidation sites excluding steroid dienone is 1. The minimum atomic E-state index is -0.164. The summed E-state index contributed by atoms with van der Waals surface area (Å²) >= 11 is 12.2. The number of hydrogen-bond donors (Lipinski definition) is 2. The maximum atomic E-state index is 11.7. The molecule has 0 N–H and O–H groups in total. The van der Waals surface area contributed by atoms with Crippen molar-refractivity contribution in [2.24, 2.45) is 0 Å². The molecule has 21 heavy (non-hydrogen) atoms. The van der Waals surface area contributed by atoms with Crippen LogP contribution in [0.3, 0.4) is 0 Å². The van der Waals surface area contributed by atoms with E-state index in [9.17, 15) is 4.79 Å². The second-order valence-corrected chi connectivity index (χ2v) is 5.29. The van der Waals surface area contributed by atoms with E-state index >= 15 is 0 Å². The molecule has 0 spiro atoms. The maximum absolute atomic E-state index is 11.7. The van der Waals surface area contributed by atoms with Crippen LogP contribution in [0.2, 0.25) is 0 Å². The van der Waals surface area contributed by atoms with E-state index in [-0.39, 0.29) is 12.1 Å². The van der Waals surface area contributed by atoms with Crippen molar-refractivity contribution in [3.8, 4) is 0 Å². The number of halogens is 1. The first-order chi connectivity index (χ1) is 10.1. The number of hydrogen-bond acceptors (Lipinski definition) is 4. The highest BCUT2D eigenvalue weighted by Gasteiger charge is 2.13. The van der Waals surface area contributed by atoms with Crippen LogP contribution in [-0.2, 0) is 9.53 Å². The number of carbonyl (C=O) groups is 1. The monoisotopic (exact) mass is 352 g/mol. The summed E-state index contributed by atoms with van der Waals surface area (Å²) < 4.78 is 5.51. The Balaban J connectivity index is 0. The first-order valence-corrected chi connectivity index (χ1v) is 9.55. The molecule has 0 bridgehead atoms. The molecule has 1 atom stereocenters. The third kappa shape index (κ3) is 16.2. The third-order valence-electron chi connectivity index (χ3n) is 3.03. The number of carbonyl (C=O) groups excluding carboxylic acids is 1. The number of rotatable bonds is 11. The Morgan fingerprint density at radius 3 is 2.33 bits per heavy atom. The molecule has 0 aliphatic rings. The van der Waals surface area contributed by atoms with Crippen molar-refractivity contribution < 1.29 is 9.53 Å². The van der Waals surface area contributed by atoms with Crippen molar-refractivity contribution in [2.45, 2.75) is 77.7 Å². The van der Waals surface area contributed by atoms with Crippen molar-refractivity contribution in [3.05, 3.63) is 17.3 Å². The summed E-state index contributed by atoms with van der Waals surface area (Å²) in [5.41, 5.74) is 2.57. The van der Waals surface area contributed by atoms with Crippen LogP contribution in [0.25, 0.3) is 0 Å². The quantitative estimate of drug-likeness (QED) is 0.154. The lowest BCUT2D eigenvalue weighted by atomic mass is 10.1. The molecule has 5 heteroatoms. The first kappa shape index (κ1) is 23.2. The van der Waals surface area contributed by atoms with E-state index in [4.69, 9.17) is 16.3 Å². The zero-order chi connectivity index (χ0) is 16.5. The molecule has 0 fully saturated rings. The van der Waals surface area contributed by atoms with E-state index in [1.165, 1.54) is 19.3 Å². The molecular formula is C16H29ClO2S2. The Morgan fingerprint density at radius 1 is 1.14 bits per heavy atom. The Labute approximate surface area is 145 Å². The molecule has 0 saturated heterocycles. The van der Waals surface area contributed by atoms with Crippen molar-refractivity contribution in [1.29, 1.82) is 0 Å². The largest absolute Gasteiger partial charge is 0.462 e. The van der Waals surface area contributed by atoms with Gasteiger partial charge in [-0.15, -0.1) is 29.1 Å². The summed E-state index contributed by atoms with van der Waals surface area (Å²) in [6, 6.07) is 0. The van der Waals surface area contributed by atoms with Gasteiger partial charge in [-0.05, 0) is 19.3 Å². The molecule has 0 aliphatic heterocycles. The van der Waals surface area contributed by atoms with Gasteiger partial charge in [-0.1, -0.05) is 57.7 Å². The summed E-state index contributed by atoms with van der Waals surface area (Å²) in [4.78, 5) is 11.7. The Bertz CT molecular complexity index is 303. The van der Waals surface area contributed by atoms with Crippen LogP contribution in [0.1, 0.15) is 71.6 Å². The van der Waals surface area contributed by atoms with E-state index in [1.54, 1.807) is 0 Å². The minimum Gasteiger partial charge on any atom is -0.462 e. The number of esters is 1. The fraction of sp³-hybridized carbons (Fsp3) is 0.750. The lowest BCUT2D eigenvalue weighted by Gasteiger charge is -2.17. The van der Waals surface area contributed by atoms with Gasteiger partial charge in [-0.25, -0.2) is 0 Å². The van der Waals surface area contributed by atoms with Gasteiger partial charge >= 0.3 is 5.97 Å². The molecule has 124 valence electrons. The third-order valence-corrected chi connectivity index (χ3v) is 3.35. The average molecular weight is 353 g/mol. The van der Waals surface area contributed by atoms with E-state index in [0.29, 0.717) is 17.9 Å². The summed E-state index contributed by atoms with van der Waals surface area (Å²) in [7, 11) is 0. The number of thiol groups is 2. The van der Waals surface area contributed by atoms with Gasteiger partial charge in [0, 0.05) is 6.42 Å². The van der Waals surface area contributed by atoms with Crippen molar-refractivity contribution in [1.82, 2.24) is 0 Å². The van der Waals surface area contributed by atoms with Gasteiger partial charge in [-0.2, -0.15) is 0 Å². The summed E-state index contributed by atoms with van der Waals surface area (Å²) in [5.74, 6) is -0.164. The molecule has 0 radical (unpaired) electrons. The van der Waals surface area contributed by atoms with E-state index in [1.807, 2.05) is 0 Å². The summed E-state index contributed by atoms with van der Waals surface area (Å²) in [6.07, 6.45) is 8.66. The van der Waals surface area contributed by atoms with Crippen molar-refractivity contribution in [2.75, 3.05) is 0 Å². The van der Waals surface area contributed by atoms with Gasteiger partial charge in [0.05, 0.1) is 11.5 Å². The fourth-order valence-corrected chi connectivity index (χ4v) is 2.02. The van der Waals surface area contributed by atoms with Crippen LogP contribution in [0.5, 0.6) is 0 Å². The lowest BCUT2D eigenvalue weighted by molar-refractivity contribution is -0.149. The standard InChI is InChI=1S/C16H27ClO2.H2S2/c1-4-7-8-9-11-15(10-5-2)19-16(18)13-12-14(17)6-3;1-2/h15H,3-5,7-13H2,1-2H3;1-2H. The molecule has 0 rings (SSSR count). The predicted molar refractivity (Wildman–Crippen MR) is 99.3 cm³/mol. The second-order valence-electron chi connectivity index (χ2n) is 4.83. The maximum Gasteiger partial charge on any atom is 0.306 e. The number of unbranched alkanes of at least 4 members (excludes halogenated alkanes) is 3. The SMILES string of the molecule is C=C=C(Cl)CCC(=O)OC(CCC)CCCCCC.SS. The average Bonchev–Trinajstić information content (AvgIpc) is 2.51. The zero-order valence-corrected chi connectivity index (χ0v) is 15.8. The molecule has 0 amide bonds. The van der Waals surface area contributed by atoms with Crippen LogP contribution in [-0.4, -0.2) is 12.1 Å². The second kappa shape index (κ2) is 18.0. The summed E-state index contributed by atoms with van der Waals surface area (Å²) in [5, 5.41) is 0.493. The summed E-state index contributed by atoms with van der Waals surface area (Å²) in [6.45, 7) is 7.75. The van der Waals surface area contributed by atoms with Gasteiger partial charge in [0.25, 0.3) is 0 Å². The predicted octanol–water partition coefficient (Wildman–Crippen LogP) is 6.12. The molecule has 0 aromatic carbocycles. The van der Waals surface area contributed by atoms with Crippen LogP contribution >= 0.6 is 34.9 Å². The smallest absolute Gasteiger partial charge is 0.306 e. The molecule has 2 nitrogen and oxygen atoms in total. The Kier molecular flexibility index (Phi) is 20.0. The van der Waals surface area contributed by atoms with Crippen LogP contribution in [0.4, 0.5) is 0 Å². The zero-order valence-electron chi connectivity index (χ0n) is 13.2. The van der Waals surface area contributed by atoms with Crippen LogP contribution in [0, 0.1) is 0 Å². The molecule has 1 unspecified atom stereocenters. The lowest BCUT2D eigenvalue weighted by Crippen LogP contribution is -2.18. The molecule has 0 aromatic rings. The van der Waals surface area contributed by atoms with Gasteiger partial charge in [0.1, 0.15) is 6.10 Å². The highest BCUT2D eigenvalue weighted by Crippen LogP contribution is 2.15. The van der Waals surface area contributed by atoms with E-state index < -0.39 is 0 Å². The minimum absolute atomic E-state index is 0.0702. The molecule has 0 heterocycles. The van der Waals surface area contributed by atoms with Gasteiger partial charge in [-0.3, -0.25) is 4.79 Å². The normalized spacial score (nSPS) is 10.9. The van der Waals surface area contributed by atoms with Crippen molar-refractivity contribution >= 4 is 40.9 Å². The van der Waals surface area contributed by atoms with Gasteiger partial charge in [0.15, 0.2) is 0 Å².